The summed E-state index contributed by atoms with van der Waals surface area (Å²) in [5, 5.41) is 9.24. The van der Waals surface area contributed by atoms with Gasteiger partial charge in [0.25, 0.3) is 30.4 Å². The van der Waals surface area contributed by atoms with Gasteiger partial charge in [-0.15, -0.1) is 23.2 Å². The summed E-state index contributed by atoms with van der Waals surface area (Å²) >= 11 is 10.8. The molecule has 50 heavy (non-hydrogen) atoms. The molecule has 296 valence electrons. The van der Waals surface area contributed by atoms with E-state index in [1.54, 1.807) is 0 Å². The van der Waals surface area contributed by atoms with Crippen molar-refractivity contribution in [1.29, 1.82) is 0 Å². The minimum Gasteiger partial charge on any atom is -0.870 e. The summed E-state index contributed by atoms with van der Waals surface area (Å²) in [6.45, 7) is 8.50. The van der Waals surface area contributed by atoms with Gasteiger partial charge in [-0.2, -0.15) is 25.3 Å². The number of unbranched alkanes of at least 4 members (excludes halogenated alkanes) is 3. The summed E-state index contributed by atoms with van der Waals surface area (Å²) in [6, 6.07) is 0. The Morgan fingerprint density at radius 1 is 0.740 bits per heavy atom. The van der Waals surface area contributed by atoms with E-state index in [1.807, 2.05) is 20.8 Å². The molecule has 0 radical (unpaired) electrons. The molecule has 19 heteroatoms. The van der Waals surface area contributed by atoms with Crippen LogP contribution in [0.4, 0.5) is 0 Å². The van der Waals surface area contributed by atoms with Crippen LogP contribution in [0.5, 0.6) is 0 Å². The van der Waals surface area contributed by atoms with Crippen LogP contribution < -0.4 is 29.6 Å². The largest absolute Gasteiger partial charge is 1.00 e. The van der Waals surface area contributed by atoms with Crippen molar-refractivity contribution in [2.45, 2.75) is 151 Å². The van der Waals surface area contributed by atoms with Gasteiger partial charge in [-0.1, -0.05) is 47.5 Å². The van der Waals surface area contributed by atoms with E-state index in [0.29, 0.717) is 51.1 Å². The Hall–Kier alpha value is 1.15. The maximum Gasteiger partial charge on any atom is 1.00 e. The van der Waals surface area contributed by atoms with E-state index in [2.05, 4.69) is 0 Å². The number of aliphatic hydroxyl groups excluding tert-OH is 1. The van der Waals surface area contributed by atoms with E-state index in [9.17, 15) is 30.4 Å². The minimum atomic E-state index is -3.54. The Bertz CT molecular complexity index is 1220. The zero-order valence-corrected chi connectivity index (χ0v) is 35.5. The number of halogens is 2. The molecule has 0 aromatic rings. The first-order chi connectivity index (χ1) is 22.2. The van der Waals surface area contributed by atoms with Crippen LogP contribution in [0.2, 0.25) is 0 Å². The zero-order valence-electron chi connectivity index (χ0n) is 29.5. The zero-order chi connectivity index (χ0) is 35.2. The van der Waals surface area contributed by atoms with Crippen LogP contribution in [0.15, 0.2) is 0 Å². The molecular weight excluding hydrogens is 770 g/mol. The summed E-state index contributed by atoms with van der Waals surface area (Å²) < 4.78 is 92.7. The summed E-state index contributed by atoms with van der Waals surface area (Å²) in [5.41, 5.74) is 0. The van der Waals surface area contributed by atoms with Crippen LogP contribution >= 0.6 is 23.2 Å². The smallest absolute Gasteiger partial charge is 0.870 e. The van der Waals surface area contributed by atoms with E-state index < -0.39 is 46.0 Å². The summed E-state index contributed by atoms with van der Waals surface area (Å²) in [5.74, 6) is 0.728. The molecule has 5 aliphatic rings. The van der Waals surface area contributed by atoms with E-state index in [1.165, 1.54) is 0 Å². The van der Waals surface area contributed by atoms with Crippen molar-refractivity contribution in [3.05, 3.63) is 0 Å². The first kappa shape index (κ1) is 53.3. The number of ether oxygens (including phenoxy) is 2. The maximum atomic E-state index is 11.9. The predicted octanol–water partition coefficient (Wildman–Crippen LogP) is 2.49. The average Bonchev–Trinajstić information content (AvgIpc) is 3.84. The molecule has 3 aliphatic carbocycles. The third kappa shape index (κ3) is 19.7. The number of epoxide rings is 2. The van der Waals surface area contributed by atoms with Crippen molar-refractivity contribution in [1.82, 2.24) is 0 Å². The number of alkyl halides is 2. The number of hydrogen-bond donors (Lipinski definition) is 1. The maximum absolute atomic E-state index is 11.9. The molecule has 2 aliphatic heterocycles. The third-order valence-electron chi connectivity index (χ3n) is 8.19. The molecule has 0 bridgehead atoms. The summed E-state index contributed by atoms with van der Waals surface area (Å²) in [6.07, 6.45) is 9.96. The van der Waals surface area contributed by atoms with Crippen molar-refractivity contribution in [3.63, 3.8) is 0 Å². The van der Waals surface area contributed by atoms with Crippen molar-refractivity contribution in [2.75, 3.05) is 44.8 Å². The normalized spacial score (nSPS) is 22.4. The van der Waals surface area contributed by atoms with Crippen LogP contribution in [-0.2, 0) is 52.4 Å². The van der Waals surface area contributed by atoms with Crippen LogP contribution in [0, 0.1) is 0 Å². The molecule has 0 unspecified atom stereocenters. The van der Waals surface area contributed by atoms with Crippen LogP contribution in [-0.4, -0.2) is 114 Å². The molecule has 5 rings (SSSR count). The Balaban J connectivity index is 0. The molecule has 3 atom stereocenters. The molecule has 2 heterocycles. The first-order valence-corrected chi connectivity index (χ1v) is 22.2. The fourth-order valence-electron chi connectivity index (χ4n) is 4.28. The van der Waals surface area contributed by atoms with Gasteiger partial charge in [-0.25, -0.2) is 0 Å². The van der Waals surface area contributed by atoms with Gasteiger partial charge in [0.1, 0.15) is 9.49 Å². The number of hydrogen-bond acceptors (Lipinski definition) is 13. The second-order valence-electron chi connectivity index (χ2n) is 12.8. The Morgan fingerprint density at radius 2 is 1.14 bits per heavy atom. The van der Waals surface area contributed by atoms with Gasteiger partial charge in [-0.05, 0) is 70.6 Å². The van der Waals surface area contributed by atoms with Gasteiger partial charge < -0.3 is 20.1 Å². The molecule has 13 nitrogen and oxygen atoms in total. The van der Waals surface area contributed by atoms with E-state index in [0.717, 1.165) is 70.8 Å². The van der Waals surface area contributed by atoms with Gasteiger partial charge in [0.2, 0.25) is 0 Å². The van der Waals surface area contributed by atoms with Gasteiger partial charge in [-0.3, -0.25) is 12.5 Å². The summed E-state index contributed by atoms with van der Waals surface area (Å²) in [7, 11) is -10.1. The molecule has 5 fully saturated rings. The topological polar surface area (TPSA) is 205 Å². The quantitative estimate of drug-likeness (QED) is 0.0581. The average molecular weight is 832 g/mol. The number of rotatable bonds is 21. The summed E-state index contributed by atoms with van der Waals surface area (Å²) in [4.78, 5) is 0. The Morgan fingerprint density at radius 3 is 1.44 bits per heavy atom. The van der Waals surface area contributed by atoms with Crippen LogP contribution in [0.25, 0.3) is 0 Å². The van der Waals surface area contributed by atoms with Gasteiger partial charge in [0.15, 0.2) is 0 Å². The molecule has 3 saturated carbocycles. The molecule has 2 saturated heterocycles. The van der Waals surface area contributed by atoms with Crippen molar-refractivity contribution in [3.8, 4) is 0 Å². The monoisotopic (exact) mass is 830 g/mol. The fraction of sp³-hybridized carbons (Fsp3) is 1.00. The molecule has 0 aromatic carbocycles. The van der Waals surface area contributed by atoms with Gasteiger partial charge >= 0.3 is 29.6 Å². The van der Waals surface area contributed by atoms with Crippen molar-refractivity contribution < 1.29 is 87.4 Å². The van der Waals surface area contributed by atoms with Gasteiger partial charge in [0, 0.05) is 5.88 Å². The molecular formula is C31H61Cl2NaO13S3. The van der Waals surface area contributed by atoms with E-state index in [-0.39, 0.29) is 72.7 Å². The van der Waals surface area contributed by atoms with Crippen molar-refractivity contribution >= 4 is 53.6 Å². The first-order valence-electron chi connectivity index (χ1n) is 16.9. The van der Waals surface area contributed by atoms with E-state index >= 15 is 0 Å². The van der Waals surface area contributed by atoms with Gasteiger partial charge in [0.05, 0.1) is 62.5 Å². The van der Waals surface area contributed by atoms with Crippen LogP contribution in [0.3, 0.4) is 0 Å². The second kappa shape index (κ2) is 25.3. The SMILES string of the molecule is C.CCCCOS(=O)(=O)C1(C[C@H](O)CCl)CC1.CCCCOS(=O)(=O)C1(C[C@H]2CO2)CC1.CCCCOS(=O)(=O)C1CC1.ClC[C@@H]1CO1.[Na+].[OH-]. The minimum absolute atomic E-state index is 0. The van der Waals surface area contributed by atoms with E-state index in [4.69, 9.17) is 45.2 Å². The number of aliphatic hydroxyl groups is 1. The fourth-order valence-corrected chi connectivity index (χ4v) is 8.99. The molecule has 0 amide bonds. The predicted molar refractivity (Wildman–Crippen MR) is 191 cm³/mol. The third-order valence-corrected chi connectivity index (χ3v) is 14.9. The standard InChI is InChI=1S/C10H19ClO4S.C10H18O4S.C7H14O3S.C3H5ClO.CH4.Na.H2O/c1-2-3-6-15-16(13,14)10(4-5-10)7-9(12)8-11;1-2-3-6-14-15(11,12)10(4-5-10)7-9-8-13-9;1-2-3-6-10-11(8,9)7-4-5-7;4-1-3-2-5-3;;;/h9,12H,2-8H2,1H3;9H,2-8H2,1H3;7H,2-6H2,1H3;3H,1-2H2;1H4;;1H2/q;;;;;+1;/p-1/t2*9-;;3-;;;/m00.1.../s1. The Kier molecular flexibility index (Phi) is 27.0. The molecule has 0 spiro atoms. The Labute approximate surface area is 334 Å². The molecule has 2 N–H and O–H groups in total. The van der Waals surface area contributed by atoms with Crippen molar-refractivity contribution in [2.24, 2.45) is 0 Å². The van der Waals surface area contributed by atoms with Crippen LogP contribution in [0.1, 0.15) is 118 Å². The molecule has 0 aromatic heterocycles. The second-order valence-corrected chi connectivity index (χ2v) is 19.3.